The summed E-state index contributed by atoms with van der Waals surface area (Å²) in [5.41, 5.74) is 10.6. The van der Waals surface area contributed by atoms with Crippen LogP contribution in [0.15, 0.2) is 180 Å². The summed E-state index contributed by atoms with van der Waals surface area (Å²) in [4.78, 5) is 13.0. The molecular weight excluding hydrogens is 611 g/mol. The topological polar surface area (TPSA) is 42.2 Å². The number of aromatic nitrogens is 2. The molecule has 10 aromatic rings. The van der Waals surface area contributed by atoms with Gasteiger partial charge in [-0.05, 0) is 70.8 Å². The molecule has 2 heterocycles. The minimum Gasteiger partial charge on any atom is -0.456 e. The zero-order valence-corrected chi connectivity index (χ0v) is 27.0. The summed E-state index contributed by atoms with van der Waals surface area (Å²) < 4.78 is 6.17. The molecule has 50 heavy (non-hydrogen) atoms. The fraction of sp³-hybridized carbons (Fsp3) is 0. The van der Waals surface area contributed by atoms with Crippen LogP contribution in [0.2, 0.25) is 0 Å². The lowest BCUT2D eigenvalue weighted by atomic mass is 9.98. The Hall–Kier alpha value is -6.78. The summed E-state index contributed by atoms with van der Waals surface area (Å²) in [7, 11) is 0. The fourth-order valence-electron chi connectivity index (χ4n) is 7.27. The first kappa shape index (κ1) is 28.3. The third-order valence-corrected chi connectivity index (χ3v) is 9.60. The number of furan rings is 1. The van der Waals surface area contributed by atoms with E-state index in [2.05, 4.69) is 157 Å². The van der Waals surface area contributed by atoms with Crippen LogP contribution in [-0.4, -0.2) is 9.97 Å². The van der Waals surface area contributed by atoms with E-state index in [-0.39, 0.29) is 0 Å². The number of hydrogen-bond acceptors (Lipinski definition) is 4. The molecule has 8 aromatic carbocycles. The van der Waals surface area contributed by atoms with Gasteiger partial charge < -0.3 is 9.32 Å². The normalized spacial score (nSPS) is 11.6. The Bertz CT molecular complexity index is 2860. The van der Waals surface area contributed by atoms with E-state index in [0.717, 1.165) is 94.1 Å². The van der Waals surface area contributed by atoms with Crippen molar-refractivity contribution in [1.29, 1.82) is 0 Å². The molecule has 4 nitrogen and oxygen atoms in total. The predicted molar refractivity (Wildman–Crippen MR) is 207 cm³/mol. The third kappa shape index (κ3) is 4.61. The van der Waals surface area contributed by atoms with Crippen molar-refractivity contribution in [2.45, 2.75) is 0 Å². The smallest absolute Gasteiger partial charge is 0.135 e. The molecule has 0 spiro atoms. The van der Waals surface area contributed by atoms with Gasteiger partial charge in [-0.25, -0.2) is 9.97 Å². The van der Waals surface area contributed by atoms with Crippen LogP contribution in [0.1, 0.15) is 0 Å². The van der Waals surface area contributed by atoms with Gasteiger partial charge >= 0.3 is 0 Å². The van der Waals surface area contributed by atoms with Crippen LogP contribution in [0.5, 0.6) is 0 Å². The molecule has 0 unspecified atom stereocenters. The molecule has 0 saturated carbocycles. The maximum Gasteiger partial charge on any atom is 0.135 e. The second-order valence-corrected chi connectivity index (χ2v) is 12.6. The van der Waals surface area contributed by atoms with E-state index in [9.17, 15) is 0 Å². The van der Waals surface area contributed by atoms with Gasteiger partial charge in [-0.3, -0.25) is 0 Å². The Morgan fingerprint density at radius 1 is 0.400 bits per heavy atom. The van der Waals surface area contributed by atoms with E-state index in [1.54, 1.807) is 0 Å². The predicted octanol–water partition coefficient (Wildman–Crippen LogP) is 12.6. The highest BCUT2D eigenvalue weighted by atomic mass is 16.3. The van der Waals surface area contributed by atoms with Crippen LogP contribution in [0.4, 0.5) is 17.1 Å². The van der Waals surface area contributed by atoms with Crippen LogP contribution in [0.25, 0.3) is 77.0 Å². The van der Waals surface area contributed by atoms with Crippen molar-refractivity contribution < 1.29 is 4.42 Å². The van der Waals surface area contributed by atoms with Gasteiger partial charge in [-0.1, -0.05) is 121 Å². The van der Waals surface area contributed by atoms with Crippen molar-refractivity contribution in [3.63, 3.8) is 0 Å². The summed E-state index contributed by atoms with van der Waals surface area (Å²) in [5, 5.41) is 6.72. The molecule has 0 amide bonds. The molecule has 234 valence electrons. The minimum atomic E-state index is 0.874. The van der Waals surface area contributed by atoms with Gasteiger partial charge in [-0.2, -0.15) is 0 Å². The number of benzene rings is 8. The Morgan fingerprint density at radius 3 is 1.78 bits per heavy atom. The first-order valence-electron chi connectivity index (χ1n) is 16.8. The lowest BCUT2D eigenvalue weighted by Gasteiger charge is -2.26. The maximum absolute atomic E-state index is 6.17. The Balaban J connectivity index is 1.19. The quantitative estimate of drug-likeness (QED) is 0.176. The Labute approximate surface area is 288 Å². The van der Waals surface area contributed by atoms with Gasteiger partial charge in [0.05, 0.1) is 22.4 Å². The summed E-state index contributed by atoms with van der Waals surface area (Å²) in [6, 6.07) is 61.3. The maximum atomic E-state index is 6.17. The summed E-state index contributed by atoms with van der Waals surface area (Å²) in [6.07, 6.45) is 0. The number of hydrogen-bond donors (Lipinski definition) is 0. The first-order chi connectivity index (χ1) is 24.8. The van der Waals surface area contributed by atoms with Gasteiger partial charge in [0.25, 0.3) is 0 Å². The fourth-order valence-corrected chi connectivity index (χ4v) is 7.27. The van der Waals surface area contributed by atoms with Gasteiger partial charge in [0.1, 0.15) is 11.2 Å². The highest BCUT2D eigenvalue weighted by molar-refractivity contribution is 6.19. The number of nitrogens with zero attached hydrogens (tertiary/aromatic N) is 3. The van der Waals surface area contributed by atoms with E-state index in [4.69, 9.17) is 14.4 Å². The van der Waals surface area contributed by atoms with Crippen LogP contribution >= 0.6 is 0 Å². The van der Waals surface area contributed by atoms with Crippen molar-refractivity contribution in [3.05, 3.63) is 176 Å². The molecule has 0 atom stereocenters. The Morgan fingerprint density at radius 2 is 1.00 bits per heavy atom. The van der Waals surface area contributed by atoms with Gasteiger partial charge in [0.2, 0.25) is 0 Å². The van der Waals surface area contributed by atoms with E-state index in [1.165, 1.54) is 0 Å². The third-order valence-electron chi connectivity index (χ3n) is 9.60. The van der Waals surface area contributed by atoms with Crippen molar-refractivity contribution in [1.82, 2.24) is 9.97 Å². The van der Waals surface area contributed by atoms with Gasteiger partial charge in [0, 0.05) is 44.3 Å². The highest BCUT2D eigenvalue weighted by Crippen LogP contribution is 2.41. The molecule has 2 aromatic heterocycles. The van der Waals surface area contributed by atoms with E-state index >= 15 is 0 Å². The number of rotatable bonds is 5. The Kier molecular flexibility index (Phi) is 6.46. The summed E-state index contributed by atoms with van der Waals surface area (Å²) >= 11 is 0. The van der Waals surface area contributed by atoms with Crippen LogP contribution in [0, 0.1) is 0 Å². The number of fused-ring (bicyclic) bond motifs is 8. The molecule has 0 bridgehead atoms. The molecule has 0 fully saturated rings. The molecule has 0 saturated heterocycles. The molecule has 0 radical (unpaired) electrons. The molecule has 10 rings (SSSR count). The van der Waals surface area contributed by atoms with Crippen LogP contribution in [0.3, 0.4) is 0 Å². The number of para-hydroxylation sites is 2. The molecule has 4 heteroatoms. The largest absolute Gasteiger partial charge is 0.456 e. The van der Waals surface area contributed by atoms with Crippen LogP contribution < -0.4 is 4.90 Å². The van der Waals surface area contributed by atoms with Gasteiger partial charge in [0.15, 0.2) is 0 Å². The summed E-state index contributed by atoms with van der Waals surface area (Å²) in [5.74, 6) is 0. The van der Waals surface area contributed by atoms with Crippen LogP contribution in [-0.2, 0) is 0 Å². The molecule has 0 aliphatic carbocycles. The average Bonchev–Trinajstić information content (AvgIpc) is 3.56. The van der Waals surface area contributed by atoms with Crippen molar-refractivity contribution >= 4 is 71.6 Å². The average molecular weight is 640 g/mol. The molecule has 0 aliphatic rings. The molecular formula is C46H29N3O. The monoisotopic (exact) mass is 639 g/mol. The van der Waals surface area contributed by atoms with Crippen molar-refractivity contribution in [2.75, 3.05) is 4.90 Å². The van der Waals surface area contributed by atoms with Crippen molar-refractivity contribution in [3.8, 4) is 22.5 Å². The SMILES string of the molecule is c1ccc(-c2nc3ccc4ccc5cc(N(c6ccccc6)c6ccc7oc8ccccc8c7c6)ccc5c4c3nc2-c2ccccc2)cc1. The lowest BCUT2D eigenvalue weighted by Crippen LogP contribution is -2.09. The summed E-state index contributed by atoms with van der Waals surface area (Å²) in [6.45, 7) is 0. The van der Waals surface area contributed by atoms with Gasteiger partial charge in [-0.15, -0.1) is 0 Å². The zero-order valence-electron chi connectivity index (χ0n) is 27.0. The lowest BCUT2D eigenvalue weighted by molar-refractivity contribution is 0.669. The van der Waals surface area contributed by atoms with E-state index in [0.29, 0.717) is 0 Å². The van der Waals surface area contributed by atoms with Crippen molar-refractivity contribution in [2.24, 2.45) is 0 Å². The second-order valence-electron chi connectivity index (χ2n) is 12.6. The molecule has 0 N–H and O–H groups in total. The first-order valence-corrected chi connectivity index (χ1v) is 16.8. The standard InChI is InChI=1S/C46H29N3O/c1-4-12-31(13-5-1)44-45(32-14-6-2-7-15-32)48-46-40(47-44)26-22-30-20-21-33-28-35(23-25-37(33)43(30)46)49(34-16-8-3-9-17-34)36-24-27-42-39(29-36)38-18-10-11-19-41(38)50-42/h1-29H. The minimum absolute atomic E-state index is 0.874. The number of anilines is 3. The van der Waals surface area contributed by atoms with E-state index < -0.39 is 0 Å². The zero-order chi connectivity index (χ0) is 33.0. The second kappa shape index (κ2) is 11.4. The molecule has 0 aliphatic heterocycles. The highest BCUT2D eigenvalue weighted by Gasteiger charge is 2.19. The van der Waals surface area contributed by atoms with E-state index in [1.807, 2.05) is 24.3 Å².